The summed E-state index contributed by atoms with van der Waals surface area (Å²) >= 11 is 0. The molecule has 0 spiro atoms. The number of hydrogen-bond acceptors (Lipinski definition) is 12. The van der Waals surface area contributed by atoms with Crippen LogP contribution in [0.1, 0.15) is 122 Å². The van der Waals surface area contributed by atoms with Crippen LogP contribution in [0.3, 0.4) is 0 Å². The summed E-state index contributed by atoms with van der Waals surface area (Å²) in [6, 6.07) is 11.0. The Hall–Kier alpha value is -4.86. The number of amides is 3. The highest BCUT2D eigenvalue weighted by atomic mass is 19.1. The molecule has 14 nitrogen and oxygen atoms in total. The molecule has 3 aromatic rings. The van der Waals surface area contributed by atoms with E-state index in [1.165, 1.54) is 4.90 Å². The van der Waals surface area contributed by atoms with Crippen molar-refractivity contribution in [2.24, 2.45) is 11.8 Å². The topological polar surface area (TPSA) is 139 Å². The molecule has 10 rings (SSSR count). The molecule has 1 aliphatic carbocycles. The number of piperazine rings is 1. The van der Waals surface area contributed by atoms with Crippen LogP contribution in [0.15, 0.2) is 42.7 Å². The standard InChI is InChI=1S/C46H59FN10O4.C2H6.2H2/c1-45(2)27-53(24-29-12-18-55(19-13-29)39-23-36(48-28-49-39)42-33-22-31(61-46(3)14-15-46)4-6-35(33)51-52-42)20-21-56(45)25-30-10-16-54(17-11-30)37-7-5-32-34(41(37)47)26-57(44(32)60)38-8-9-40(58)50-43(38)59;1-2;;/h4-7,22-23,28-30,38,42,51-52H,8-21,24-27H2,1-3H3,(H,50,58,59);1-2H3;2*1H. The van der Waals surface area contributed by atoms with Crippen molar-refractivity contribution in [3.63, 3.8) is 0 Å². The minimum Gasteiger partial charge on any atom is -0.488 e. The molecule has 4 saturated heterocycles. The quantitative estimate of drug-likeness (QED) is 0.195. The molecule has 2 unspecified atom stereocenters. The zero-order valence-electron chi connectivity index (χ0n) is 37.7. The fourth-order valence-corrected chi connectivity index (χ4v) is 10.7. The molecule has 1 saturated carbocycles. The van der Waals surface area contributed by atoms with Crippen molar-refractivity contribution in [2.75, 3.05) is 74.1 Å². The maximum Gasteiger partial charge on any atom is 0.255 e. The van der Waals surface area contributed by atoms with E-state index >= 15 is 4.39 Å². The molecular weight excluding hydrogens is 800 g/mol. The maximum absolute atomic E-state index is 16.1. The molecule has 15 heteroatoms. The second kappa shape index (κ2) is 17.6. The van der Waals surface area contributed by atoms with E-state index in [0.29, 0.717) is 28.7 Å². The number of aromatic nitrogens is 2. The monoisotopic (exact) mass is 869 g/mol. The number of halogens is 1. The molecule has 2 aromatic carbocycles. The molecule has 7 heterocycles. The smallest absolute Gasteiger partial charge is 0.255 e. The van der Waals surface area contributed by atoms with Gasteiger partial charge in [0.25, 0.3) is 5.91 Å². The van der Waals surface area contributed by atoms with Gasteiger partial charge in [0.15, 0.2) is 5.82 Å². The SMILES string of the molecule is CC.CC1(Oc2ccc3c(c2)C(c2cc(N4CCC(CN5CCN(CC6CCN(c7ccc8c(c7F)CN(C7CCC(=O)NC7=O)C8=O)CC6)C(C)(C)C5)CC4)ncn2)NN3)CC1.[HH].[HH]. The number of hydrogen-bond donors (Lipinski definition) is 3. The summed E-state index contributed by atoms with van der Waals surface area (Å²) in [6.07, 6.45) is 8.58. The van der Waals surface area contributed by atoms with Crippen LogP contribution in [-0.4, -0.2) is 118 Å². The van der Waals surface area contributed by atoms with E-state index in [-0.39, 0.29) is 57.1 Å². The Morgan fingerprint density at radius 1 is 0.857 bits per heavy atom. The third-order valence-corrected chi connectivity index (χ3v) is 14.6. The van der Waals surface area contributed by atoms with Gasteiger partial charge in [-0.05, 0) is 108 Å². The highest BCUT2D eigenvalue weighted by Crippen LogP contribution is 2.42. The Morgan fingerprint density at radius 2 is 1.59 bits per heavy atom. The van der Waals surface area contributed by atoms with Crippen LogP contribution in [0.5, 0.6) is 5.75 Å². The predicted octanol–water partition coefficient (Wildman–Crippen LogP) is 6.37. The summed E-state index contributed by atoms with van der Waals surface area (Å²) in [7, 11) is 0. The molecule has 6 aliphatic heterocycles. The highest BCUT2D eigenvalue weighted by molar-refractivity contribution is 6.05. The second-order valence-corrected chi connectivity index (χ2v) is 19.5. The van der Waals surface area contributed by atoms with Crippen LogP contribution in [0.25, 0.3) is 0 Å². The number of nitrogens with zero attached hydrogens (tertiary/aromatic N) is 7. The minimum absolute atomic E-state index is 0. The largest absolute Gasteiger partial charge is 0.488 e. The van der Waals surface area contributed by atoms with Crippen molar-refractivity contribution in [2.45, 2.75) is 116 Å². The number of imide groups is 1. The zero-order chi connectivity index (χ0) is 44.0. The number of rotatable bonds is 10. The van der Waals surface area contributed by atoms with E-state index in [0.717, 1.165) is 126 Å². The fraction of sp³-hybridized carbons (Fsp3) is 0.604. The summed E-state index contributed by atoms with van der Waals surface area (Å²) in [5.41, 5.74) is 11.1. The van der Waals surface area contributed by atoms with E-state index in [1.54, 1.807) is 18.5 Å². The van der Waals surface area contributed by atoms with Crippen LogP contribution < -0.4 is 30.7 Å². The lowest BCUT2D eigenvalue weighted by molar-refractivity contribution is -0.136. The molecule has 3 N–H and O–H groups in total. The first-order chi connectivity index (χ1) is 30.4. The van der Waals surface area contributed by atoms with Gasteiger partial charge in [-0.15, -0.1) is 0 Å². The van der Waals surface area contributed by atoms with Crippen LogP contribution in [0.2, 0.25) is 0 Å². The van der Waals surface area contributed by atoms with Crippen LogP contribution in [-0.2, 0) is 16.1 Å². The van der Waals surface area contributed by atoms with Gasteiger partial charge in [0.05, 0.1) is 29.7 Å². The average Bonchev–Trinajstić information content (AvgIpc) is 3.69. The van der Waals surface area contributed by atoms with Crippen LogP contribution in [0, 0.1) is 17.7 Å². The van der Waals surface area contributed by atoms with E-state index in [9.17, 15) is 14.4 Å². The summed E-state index contributed by atoms with van der Waals surface area (Å²) in [4.78, 5) is 58.1. The van der Waals surface area contributed by atoms with Crippen molar-refractivity contribution in [3.05, 3.63) is 70.9 Å². The van der Waals surface area contributed by atoms with Gasteiger partial charge in [-0.2, -0.15) is 0 Å². The van der Waals surface area contributed by atoms with Gasteiger partial charge in [-0.25, -0.2) is 19.8 Å². The number of ether oxygens (including phenoxy) is 1. The normalized spacial score (nSPS) is 24.9. The van der Waals surface area contributed by atoms with Crippen molar-refractivity contribution in [1.82, 2.24) is 35.4 Å². The van der Waals surface area contributed by atoms with E-state index < -0.39 is 11.9 Å². The third kappa shape index (κ3) is 8.97. The highest BCUT2D eigenvalue weighted by Gasteiger charge is 2.43. The van der Waals surface area contributed by atoms with E-state index in [1.807, 2.05) is 19.9 Å². The number of nitrogens with one attached hydrogen (secondary N) is 3. The lowest BCUT2D eigenvalue weighted by atomic mass is 9.90. The number of piperidine rings is 3. The molecule has 7 aliphatic rings. The summed E-state index contributed by atoms with van der Waals surface area (Å²) in [5, 5.41) is 2.32. The van der Waals surface area contributed by atoms with Gasteiger partial charge in [0, 0.05) is 96.5 Å². The molecule has 63 heavy (non-hydrogen) atoms. The number of benzene rings is 2. The Kier molecular flexibility index (Phi) is 12.1. The Morgan fingerprint density at radius 3 is 2.30 bits per heavy atom. The van der Waals surface area contributed by atoms with E-state index in [4.69, 9.17) is 14.7 Å². The number of anilines is 3. The Balaban J connectivity index is 0.00000155. The van der Waals surface area contributed by atoms with Crippen molar-refractivity contribution in [1.29, 1.82) is 0 Å². The van der Waals surface area contributed by atoms with Gasteiger partial charge in [0.1, 0.15) is 29.5 Å². The molecule has 0 bridgehead atoms. The van der Waals surface area contributed by atoms with Gasteiger partial charge >= 0.3 is 0 Å². The zero-order valence-corrected chi connectivity index (χ0v) is 37.7. The van der Waals surface area contributed by atoms with Crippen molar-refractivity contribution < 1.29 is 26.4 Å². The molecule has 0 radical (unpaired) electrons. The van der Waals surface area contributed by atoms with Gasteiger partial charge in [0.2, 0.25) is 11.8 Å². The maximum atomic E-state index is 16.1. The first kappa shape index (κ1) is 43.4. The molecule has 5 fully saturated rings. The summed E-state index contributed by atoms with van der Waals surface area (Å²) < 4.78 is 22.3. The molecule has 342 valence electrons. The summed E-state index contributed by atoms with van der Waals surface area (Å²) in [5.74, 6) is 1.55. The fourth-order valence-electron chi connectivity index (χ4n) is 10.7. The van der Waals surface area contributed by atoms with Gasteiger partial charge in [-0.1, -0.05) is 13.8 Å². The average molecular weight is 869 g/mol. The first-order valence-electron chi connectivity index (χ1n) is 23.5. The van der Waals surface area contributed by atoms with Crippen LogP contribution in [0.4, 0.5) is 21.6 Å². The number of fused-ring (bicyclic) bond motifs is 2. The second-order valence-electron chi connectivity index (χ2n) is 19.5. The summed E-state index contributed by atoms with van der Waals surface area (Å²) in [6.45, 7) is 19.8. The predicted molar refractivity (Wildman–Crippen MR) is 245 cm³/mol. The molecule has 1 aromatic heterocycles. The number of hydrazine groups is 1. The van der Waals surface area contributed by atoms with E-state index in [2.05, 4.69) is 74.7 Å². The van der Waals surface area contributed by atoms with Crippen LogP contribution >= 0.6 is 0 Å². The first-order valence-corrected chi connectivity index (χ1v) is 23.5. The Labute approximate surface area is 374 Å². The Bertz CT molecular complexity index is 2210. The molecule has 3 amide bonds. The third-order valence-electron chi connectivity index (χ3n) is 14.6. The lowest BCUT2D eigenvalue weighted by Gasteiger charge is -2.50. The van der Waals surface area contributed by atoms with Crippen molar-refractivity contribution in [3.8, 4) is 5.75 Å². The molecular formula is C48H69FN10O4. The number of carbonyl (C=O) groups is 3. The van der Waals surface area contributed by atoms with Crippen molar-refractivity contribution >= 4 is 34.9 Å². The number of carbonyl (C=O) groups excluding carboxylic acids is 3. The minimum atomic E-state index is -0.755. The lowest BCUT2D eigenvalue weighted by Crippen LogP contribution is -2.61. The van der Waals surface area contributed by atoms with Gasteiger partial charge in [-0.3, -0.25) is 29.5 Å². The van der Waals surface area contributed by atoms with Gasteiger partial charge < -0.3 is 24.9 Å². The molecule has 2 atom stereocenters.